The maximum Gasteiger partial charge on any atom is 0.240 e. The van der Waals surface area contributed by atoms with Gasteiger partial charge in [-0.1, -0.05) is 54.9 Å². The summed E-state index contributed by atoms with van der Waals surface area (Å²) in [7, 11) is -3.79. The smallest absolute Gasteiger partial charge is 0.240 e. The van der Waals surface area contributed by atoms with E-state index in [0.29, 0.717) is 10.7 Å². The lowest BCUT2D eigenvalue weighted by atomic mass is 10.1. The third-order valence-corrected chi connectivity index (χ3v) is 7.72. The Morgan fingerprint density at radius 3 is 2.41 bits per heavy atom. The number of nitrogens with zero attached hydrogens (tertiary/aromatic N) is 2. The third-order valence-electron chi connectivity index (χ3n) is 5.80. The number of para-hydroxylation sites is 1. The summed E-state index contributed by atoms with van der Waals surface area (Å²) in [4.78, 5) is 17.4. The molecule has 3 aromatic carbocycles. The molecule has 1 aliphatic rings. The predicted octanol–water partition coefficient (Wildman–Crippen LogP) is 4.05. The maximum absolute atomic E-state index is 12.9. The van der Waals surface area contributed by atoms with Gasteiger partial charge in [-0.05, 0) is 41.6 Å². The zero-order valence-electron chi connectivity index (χ0n) is 17.9. The highest BCUT2D eigenvalue weighted by Gasteiger charge is 2.24. The van der Waals surface area contributed by atoms with Crippen LogP contribution in [-0.4, -0.2) is 57.7 Å². The number of amides is 1. The van der Waals surface area contributed by atoms with Crippen molar-refractivity contribution in [1.82, 2.24) is 4.90 Å². The SMILES string of the molecule is CCN1CCN(c2c(Cl)cccc2NC(=O)CS(=O)(=O)c2ccc3ccccc3c2)CC1. The molecule has 1 saturated heterocycles. The van der Waals surface area contributed by atoms with Gasteiger partial charge in [0.05, 0.1) is 21.3 Å². The summed E-state index contributed by atoms with van der Waals surface area (Å²) in [6.45, 7) is 6.52. The molecule has 0 aromatic heterocycles. The van der Waals surface area contributed by atoms with Gasteiger partial charge in [-0.3, -0.25) is 4.79 Å². The molecule has 0 aliphatic carbocycles. The van der Waals surface area contributed by atoms with Crippen LogP contribution in [0.4, 0.5) is 11.4 Å². The van der Waals surface area contributed by atoms with Crippen LogP contribution in [0.25, 0.3) is 10.8 Å². The summed E-state index contributed by atoms with van der Waals surface area (Å²) in [5.41, 5.74) is 1.27. The van der Waals surface area contributed by atoms with Gasteiger partial charge < -0.3 is 15.1 Å². The quantitative estimate of drug-likeness (QED) is 0.587. The lowest BCUT2D eigenvalue weighted by Gasteiger charge is -2.36. The van der Waals surface area contributed by atoms with Gasteiger partial charge in [0.1, 0.15) is 5.75 Å². The van der Waals surface area contributed by atoms with Gasteiger partial charge >= 0.3 is 0 Å². The Labute approximate surface area is 193 Å². The highest BCUT2D eigenvalue weighted by Crippen LogP contribution is 2.34. The number of benzene rings is 3. The Hall–Kier alpha value is -2.61. The normalized spacial score (nSPS) is 15.1. The lowest BCUT2D eigenvalue weighted by Crippen LogP contribution is -2.46. The van der Waals surface area contributed by atoms with Crippen LogP contribution < -0.4 is 10.2 Å². The van der Waals surface area contributed by atoms with Crippen LogP contribution in [0.3, 0.4) is 0 Å². The van der Waals surface area contributed by atoms with Crippen molar-refractivity contribution in [2.75, 3.05) is 48.7 Å². The zero-order chi connectivity index (χ0) is 22.7. The molecule has 1 fully saturated rings. The number of sulfone groups is 1. The molecule has 3 aromatic rings. The predicted molar refractivity (Wildman–Crippen MR) is 130 cm³/mol. The summed E-state index contributed by atoms with van der Waals surface area (Å²) in [6.07, 6.45) is 0. The minimum atomic E-state index is -3.79. The van der Waals surface area contributed by atoms with E-state index in [1.165, 1.54) is 0 Å². The Morgan fingerprint density at radius 1 is 0.969 bits per heavy atom. The first-order chi connectivity index (χ1) is 15.4. The minimum absolute atomic E-state index is 0.133. The van der Waals surface area contributed by atoms with E-state index in [1.807, 2.05) is 24.3 Å². The monoisotopic (exact) mass is 471 g/mol. The largest absolute Gasteiger partial charge is 0.366 e. The van der Waals surface area contributed by atoms with Crippen molar-refractivity contribution < 1.29 is 13.2 Å². The fourth-order valence-corrected chi connectivity index (χ4v) is 5.49. The van der Waals surface area contributed by atoms with Gasteiger partial charge in [0.15, 0.2) is 9.84 Å². The molecule has 0 saturated carbocycles. The van der Waals surface area contributed by atoms with Crippen LogP contribution in [-0.2, 0) is 14.6 Å². The van der Waals surface area contributed by atoms with Crippen molar-refractivity contribution in [1.29, 1.82) is 0 Å². The topological polar surface area (TPSA) is 69.7 Å². The van der Waals surface area contributed by atoms with E-state index in [4.69, 9.17) is 11.6 Å². The fourth-order valence-electron chi connectivity index (χ4n) is 4.03. The van der Waals surface area contributed by atoms with Crippen molar-refractivity contribution >= 4 is 49.5 Å². The first-order valence-electron chi connectivity index (χ1n) is 10.6. The molecule has 6 nitrogen and oxygen atoms in total. The van der Waals surface area contributed by atoms with Crippen LogP contribution in [0.1, 0.15) is 6.92 Å². The average Bonchev–Trinajstić information content (AvgIpc) is 2.78. The molecular weight excluding hydrogens is 446 g/mol. The number of halogens is 1. The number of hydrogen-bond donors (Lipinski definition) is 1. The second-order valence-electron chi connectivity index (χ2n) is 7.87. The highest BCUT2D eigenvalue weighted by molar-refractivity contribution is 7.92. The van der Waals surface area contributed by atoms with Crippen LogP contribution >= 0.6 is 11.6 Å². The molecule has 0 radical (unpaired) electrons. The Morgan fingerprint density at radius 2 is 1.69 bits per heavy atom. The van der Waals surface area contributed by atoms with Gasteiger partial charge in [-0.25, -0.2) is 8.42 Å². The van der Waals surface area contributed by atoms with Crippen molar-refractivity contribution in [3.05, 3.63) is 65.7 Å². The third kappa shape index (κ3) is 4.90. The molecule has 0 unspecified atom stereocenters. The fraction of sp³-hybridized carbons (Fsp3) is 0.292. The summed E-state index contributed by atoms with van der Waals surface area (Å²) < 4.78 is 25.8. The minimum Gasteiger partial charge on any atom is -0.366 e. The van der Waals surface area contributed by atoms with Crippen molar-refractivity contribution in [2.45, 2.75) is 11.8 Å². The van der Waals surface area contributed by atoms with Crippen molar-refractivity contribution in [3.63, 3.8) is 0 Å². The molecule has 8 heteroatoms. The zero-order valence-corrected chi connectivity index (χ0v) is 19.5. The second-order valence-corrected chi connectivity index (χ2v) is 10.3. The molecular formula is C24H26ClN3O3S. The van der Waals surface area contributed by atoms with Crippen LogP contribution in [0, 0.1) is 0 Å². The van der Waals surface area contributed by atoms with Gasteiger partial charge in [-0.2, -0.15) is 0 Å². The molecule has 0 atom stereocenters. The number of likely N-dealkylation sites (N-methyl/N-ethyl adjacent to an activating group) is 1. The van der Waals surface area contributed by atoms with Crippen LogP contribution in [0.2, 0.25) is 5.02 Å². The molecule has 168 valence electrons. The molecule has 0 spiro atoms. The van der Waals surface area contributed by atoms with E-state index in [-0.39, 0.29) is 4.90 Å². The number of piperazine rings is 1. The molecule has 4 rings (SSSR count). The van der Waals surface area contributed by atoms with E-state index in [9.17, 15) is 13.2 Å². The first kappa shape index (κ1) is 22.6. The van der Waals surface area contributed by atoms with E-state index >= 15 is 0 Å². The molecule has 1 aliphatic heterocycles. The summed E-state index contributed by atoms with van der Waals surface area (Å²) in [5.74, 6) is -1.23. The van der Waals surface area contributed by atoms with E-state index < -0.39 is 21.5 Å². The van der Waals surface area contributed by atoms with E-state index in [1.54, 1.807) is 36.4 Å². The molecule has 0 bridgehead atoms. The number of nitrogens with one attached hydrogen (secondary N) is 1. The van der Waals surface area contributed by atoms with E-state index in [2.05, 4.69) is 22.0 Å². The number of carbonyl (C=O) groups is 1. The first-order valence-corrected chi connectivity index (χ1v) is 12.7. The number of rotatable bonds is 6. The average molecular weight is 472 g/mol. The number of fused-ring (bicyclic) bond motifs is 1. The maximum atomic E-state index is 12.9. The van der Waals surface area contributed by atoms with E-state index in [0.717, 1.165) is 49.2 Å². The van der Waals surface area contributed by atoms with Crippen molar-refractivity contribution in [2.24, 2.45) is 0 Å². The summed E-state index contributed by atoms with van der Waals surface area (Å²) in [6, 6.07) is 17.7. The van der Waals surface area contributed by atoms with Gasteiger partial charge in [0.2, 0.25) is 5.91 Å². The van der Waals surface area contributed by atoms with Crippen molar-refractivity contribution in [3.8, 4) is 0 Å². The summed E-state index contributed by atoms with van der Waals surface area (Å²) >= 11 is 6.48. The van der Waals surface area contributed by atoms with Crippen LogP contribution in [0.15, 0.2) is 65.6 Å². The van der Waals surface area contributed by atoms with Gasteiger partial charge in [0, 0.05) is 26.2 Å². The highest BCUT2D eigenvalue weighted by atomic mass is 35.5. The lowest BCUT2D eigenvalue weighted by molar-refractivity contribution is -0.113. The molecule has 1 N–H and O–H groups in total. The van der Waals surface area contributed by atoms with Crippen LogP contribution in [0.5, 0.6) is 0 Å². The Balaban J connectivity index is 1.52. The Kier molecular flexibility index (Phi) is 6.69. The Bertz CT molecular complexity index is 1240. The van der Waals surface area contributed by atoms with Gasteiger partial charge in [0.25, 0.3) is 0 Å². The molecule has 1 amide bonds. The molecule has 1 heterocycles. The number of hydrogen-bond acceptors (Lipinski definition) is 5. The number of carbonyl (C=O) groups excluding carboxylic acids is 1. The number of anilines is 2. The standard InChI is InChI=1S/C24H26ClN3O3S/c1-2-27-12-14-28(15-13-27)24-21(25)8-5-9-22(24)26-23(29)17-32(30,31)20-11-10-18-6-3-4-7-19(18)16-20/h3-11,16H,2,12-15,17H2,1H3,(H,26,29). The second kappa shape index (κ2) is 9.48. The molecule has 32 heavy (non-hydrogen) atoms. The summed E-state index contributed by atoms with van der Waals surface area (Å²) in [5, 5.41) is 5.08. The van der Waals surface area contributed by atoms with Gasteiger partial charge in [-0.15, -0.1) is 0 Å².